The minimum Gasteiger partial charge on any atom is -0.403 e. The Morgan fingerprint density at radius 2 is 2.06 bits per heavy atom. The molecular formula is C11H15ClN3OP. The second-order valence-electron chi connectivity index (χ2n) is 3.88. The van der Waals surface area contributed by atoms with Gasteiger partial charge >= 0.3 is 0 Å². The van der Waals surface area contributed by atoms with E-state index < -0.39 is 7.14 Å². The van der Waals surface area contributed by atoms with Crippen molar-refractivity contribution in [2.75, 3.05) is 18.6 Å². The molecule has 4 N–H and O–H groups in total. The second kappa shape index (κ2) is 5.39. The van der Waals surface area contributed by atoms with Crippen LogP contribution in [-0.2, 0) is 4.57 Å². The van der Waals surface area contributed by atoms with E-state index in [0.717, 1.165) is 6.20 Å². The number of amidine groups is 1. The zero-order valence-electron chi connectivity index (χ0n) is 9.70. The van der Waals surface area contributed by atoms with Crippen molar-refractivity contribution in [1.82, 2.24) is 0 Å². The van der Waals surface area contributed by atoms with E-state index in [1.165, 1.54) is 0 Å². The minimum absolute atomic E-state index is 0.0185. The average molecular weight is 272 g/mol. The summed E-state index contributed by atoms with van der Waals surface area (Å²) >= 11 is 5.71. The van der Waals surface area contributed by atoms with E-state index >= 15 is 0 Å². The molecule has 0 aliphatic rings. The van der Waals surface area contributed by atoms with Crippen LogP contribution in [0.25, 0.3) is 0 Å². The molecule has 0 radical (unpaired) electrons. The highest BCUT2D eigenvalue weighted by Gasteiger charge is 2.16. The topological polar surface area (TPSA) is 79.0 Å². The molecule has 1 aromatic carbocycles. The van der Waals surface area contributed by atoms with E-state index in [0.29, 0.717) is 11.0 Å². The van der Waals surface area contributed by atoms with Crippen molar-refractivity contribution in [3.05, 3.63) is 35.5 Å². The minimum atomic E-state index is -2.40. The number of nitrogens with two attached hydrogens (primary N) is 1. The smallest absolute Gasteiger partial charge is 0.143 e. The summed E-state index contributed by atoms with van der Waals surface area (Å²) in [5.74, 6) is -0.0185. The maximum atomic E-state index is 12.1. The quantitative estimate of drug-likeness (QED) is 0.449. The van der Waals surface area contributed by atoms with E-state index in [1.807, 2.05) is 6.07 Å². The summed E-state index contributed by atoms with van der Waals surface area (Å²) < 4.78 is 12.1. The lowest BCUT2D eigenvalue weighted by atomic mass is 10.3. The Morgan fingerprint density at radius 1 is 1.47 bits per heavy atom. The number of hydrogen-bond donors (Lipinski definition) is 3. The molecule has 0 atom stereocenters. The highest BCUT2D eigenvalue weighted by molar-refractivity contribution is 7.70. The summed E-state index contributed by atoms with van der Waals surface area (Å²) in [5, 5.41) is 11.2. The number of hydrogen-bond acceptors (Lipinski definition) is 3. The lowest BCUT2D eigenvalue weighted by Gasteiger charge is -2.15. The number of anilines is 1. The number of benzene rings is 1. The molecule has 0 aliphatic carbocycles. The molecule has 4 nitrogen and oxygen atoms in total. The van der Waals surface area contributed by atoms with Gasteiger partial charge < -0.3 is 15.6 Å². The van der Waals surface area contributed by atoms with Crippen molar-refractivity contribution < 1.29 is 4.57 Å². The van der Waals surface area contributed by atoms with Crippen molar-refractivity contribution in [2.45, 2.75) is 0 Å². The van der Waals surface area contributed by atoms with E-state index in [-0.39, 0.29) is 10.9 Å². The molecule has 0 bridgehead atoms. The molecule has 0 unspecified atom stereocenters. The van der Waals surface area contributed by atoms with Gasteiger partial charge in [0.05, 0.1) is 10.7 Å². The molecule has 1 rings (SSSR count). The van der Waals surface area contributed by atoms with Gasteiger partial charge in [0.2, 0.25) is 0 Å². The van der Waals surface area contributed by atoms with Gasteiger partial charge in [0.1, 0.15) is 13.0 Å². The summed E-state index contributed by atoms with van der Waals surface area (Å²) in [6.07, 6.45) is 1.14. The van der Waals surface area contributed by atoms with E-state index in [2.05, 4.69) is 5.32 Å². The Bertz CT molecular complexity index is 507. The highest BCUT2D eigenvalue weighted by atomic mass is 35.5. The largest absolute Gasteiger partial charge is 0.403 e. The van der Waals surface area contributed by atoms with Crippen LogP contribution in [0.2, 0.25) is 0 Å². The van der Waals surface area contributed by atoms with Crippen molar-refractivity contribution in [1.29, 1.82) is 5.41 Å². The van der Waals surface area contributed by atoms with Crippen molar-refractivity contribution >= 4 is 35.6 Å². The molecular weight excluding hydrogens is 257 g/mol. The fourth-order valence-electron chi connectivity index (χ4n) is 1.33. The third kappa shape index (κ3) is 3.62. The van der Waals surface area contributed by atoms with Crippen LogP contribution in [-0.4, -0.2) is 19.2 Å². The zero-order chi connectivity index (χ0) is 13.1. The van der Waals surface area contributed by atoms with Crippen LogP contribution >= 0.6 is 18.7 Å². The fourth-order valence-corrected chi connectivity index (χ4v) is 2.53. The number of para-hydroxylation sites is 1. The lowest BCUT2D eigenvalue weighted by Crippen LogP contribution is -2.18. The number of halogens is 1. The maximum Gasteiger partial charge on any atom is 0.143 e. The van der Waals surface area contributed by atoms with Crippen LogP contribution in [0.4, 0.5) is 5.69 Å². The molecule has 6 heteroatoms. The first-order valence-electron chi connectivity index (χ1n) is 4.94. The van der Waals surface area contributed by atoms with Crippen molar-refractivity contribution in [2.24, 2.45) is 5.73 Å². The van der Waals surface area contributed by atoms with Gasteiger partial charge in [-0.1, -0.05) is 23.7 Å². The van der Waals surface area contributed by atoms with E-state index in [9.17, 15) is 4.57 Å². The molecule has 0 heterocycles. The van der Waals surface area contributed by atoms with Gasteiger partial charge in [0, 0.05) is 11.5 Å². The Kier molecular flexibility index (Phi) is 4.38. The normalized spacial score (nSPS) is 12.3. The number of nitrogens with one attached hydrogen (secondary N) is 2. The van der Waals surface area contributed by atoms with Crippen LogP contribution < -0.4 is 16.4 Å². The zero-order valence-corrected chi connectivity index (χ0v) is 11.3. The Labute approximate surface area is 106 Å². The number of rotatable bonds is 3. The summed E-state index contributed by atoms with van der Waals surface area (Å²) in [4.78, 5) is 0. The van der Waals surface area contributed by atoms with Crippen LogP contribution in [0.5, 0.6) is 0 Å². The third-order valence-electron chi connectivity index (χ3n) is 2.13. The first kappa shape index (κ1) is 13.8. The Hall–Kier alpha value is -1.25. The molecule has 0 fully saturated rings. The van der Waals surface area contributed by atoms with Crippen LogP contribution in [0.3, 0.4) is 0 Å². The molecule has 1 aromatic rings. The van der Waals surface area contributed by atoms with Gasteiger partial charge in [-0.05, 0) is 25.5 Å². The molecule has 0 spiro atoms. The predicted octanol–water partition coefficient (Wildman–Crippen LogP) is 2.36. The van der Waals surface area contributed by atoms with E-state index in [1.54, 1.807) is 31.5 Å². The summed E-state index contributed by atoms with van der Waals surface area (Å²) in [6.45, 7) is 3.36. The van der Waals surface area contributed by atoms with Gasteiger partial charge in [-0.3, -0.25) is 5.41 Å². The molecule has 17 heavy (non-hydrogen) atoms. The average Bonchev–Trinajstić information content (AvgIpc) is 2.27. The molecule has 0 amide bonds. The molecule has 0 aromatic heterocycles. The van der Waals surface area contributed by atoms with Gasteiger partial charge in [0.25, 0.3) is 0 Å². The summed E-state index contributed by atoms with van der Waals surface area (Å²) in [6, 6.07) is 7.14. The standard InChI is InChI=1S/C11H15ClN3OP/c1-17(2,16)10-6-4-3-5-9(10)15-11(14)8(12)7-13/h3-7H,13H2,1-2H3,(H2,14,15)/b8-7+. The lowest BCUT2D eigenvalue weighted by molar-refractivity contribution is 0.588. The SMILES string of the molecule is CP(C)(=O)c1ccccc1NC(=N)/C(Cl)=C\N. The monoisotopic (exact) mass is 271 g/mol. The fraction of sp³-hybridized carbons (Fsp3) is 0.182. The maximum absolute atomic E-state index is 12.1. The van der Waals surface area contributed by atoms with Crippen molar-refractivity contribution in [3.63, 3.8) is 0 Å². The highest BCUT2D eigenvalue weighted by Crippen LogP contribution is 2.37. The second-order valence-corrected chi connectivity index (χ2v) is 7.47. The Morgan fingerprint density at radius 3 is 2.59 bits per heavy atom. The van der Waals surface area contributed by atoms with Gasteiger partial charge in [-0.25, -0.2) is 0 Å². The van der Waals surface area contributed by atoms with Crippen LogP contribution in [0.15, 0.2) is 35.5 Å². The summed E-state index contributed by atoms with van der Waals surface area (Å²) in [7, 11) is -2.40. The first-order chi connectivity index (χ1) is 7.86. The third-order valence-corrected chi connectivity index (χ3v) is 3.99. The molecule has 92 valence electrons. The summed E-state index contributed by atoms with van der Waals surface area (Å²) in [5.41, 5.74) is 5.84. The predicted molar refractivity (Wildman–Crippen MR) is 75.0 cm³/mol. The van der Waals surface area contributed by atoms with Crippen LogP contribution in [0.1, 0.15) is 0 Å². The first-order valence-corrected chi connectivity index (χ1v) is 7.92. The molecule has 0 saturated heterocycles. The van der Waals surface area contributed by atoms with Gasteiger partial charge in [-0.2, -0.15) is 0 Å². The molecule has 0 aliphatic heterocycles. The van der Waals surface area contributed by atoms with Gasteiger partial charge in [-0.15, -0.1) is 0 Å². The van der Waals surface area contributed by atoms with Crippen LogP contribution in [0, 0.1) is 5.41 Å². The van der Waals surface area contributed by atoms with Gasteiger partial charge in [0.15, 0.2) is 0 Å². The van der Waals surface area contributed by atoms with Crippen molar-refractivity contribution in [3.8, 4) is 0 Å². The Balaban J connectivity index is 3.08. The van der Waals surface area contributed by atoms with E-state index in [4.69, 9.17) is 22.7 Å². The molecule has 0 saturated carbocycles.